The lowest BCUT2D eigenvalue weighted by molar-refractivity contribution is 0.407. The fraction of sp³-hybridized carbons (Fsp3) is 0.412. The van der Waals surface area contributed by atoms with Crippen molar-refractivity contribution in [2.45, 2.75) is 33.9 Å². The normalized spacial score (nSPS) is 11.4. The molecule has 0 aliphatic rings. The van der Waals surface area contributed by atoms with Crippen LogP contribution in [0.4, 0.5) is 0 Å². The topological polar surface area (TPSA) is 58.5 Å². The highest BCUT2D eigenvalue weighted by Crippen LogP contribution is 2.24. The molecule has 0 aliphatic carbocycles. The van der Waals surface area contributed by atoms with Crippen LogP contribution in [0.3, 0.4) is 0 Å². The van der Waals surface area contributed by atoms with Gasteiger partial charge in [0.15, 0.2) is 5.96 Å². The molecule has 23 heavy (non-hydrogen) atoms. The van der Waals surface area contributed by atoms with Gasteiger partial charge in [0.05, 0.1) is 25.9 Å². The molecule has 0 aliphatic heterocycles. The molecule has 6 heteroatoms. The van der Waals surface area contributed by atoms with E-state index in [0.717, 1.165) is 41.6 Å². The van der Waals surface area contributed by atoms with Gasteiger partial charge in [0.1, 0.15) is 5.75 Å². The fourth-order valence-corrected chi connectivity index (χ4v) is 2.95. The summed E-state index contributed by atoms with van der Waals surface area (Å²) in [7, 11) is 1.69. The summed E-state index contributed by atoms with van der Waals surface area (Å²) in [6.07, 6.45) is 1.84. The van der Waals surface area contributed by atoms with Crippen LogP contribution in [0.2, 0.25) is 0 Å². The molecule has 124 valence electrons. The molecule has 2 heterocycles. The number of guanidine groups is 1. The zero-order chi connectivity index (χ0) is 16.7. The molecule has 0 spiro atoms. The zero-order valence-electron chi connectivity index (χ0n) is 14.1. The molecule has 0 unspecified atom stereocenters. The molecule has 2 aromatic heterocycles. The van der Waals surface area contributed by atoms with Crippen LogP contribution < -0.4 is 15.4 Å². The number of methoxy groups -OCH3 is 1. The third-order valence-corrected chi connectivity index (χ3v) is 4.37. The van der Waals surface area contributed by atoms with E-state index in [0.29, 0.717) is 6.54 Å². The largest absolute Gasteiger partial charge is 0.496 e. The molecular weight excluding hydrogens is 308 g/mol. The molecular formula is C17H24N4OS. The predicted molar refractivity (Wildman–Crippen MR) is 96.2 cm³/mol. The first-order valence-electron chi connectivity index (χ1n) is 7.69. The average molecular weight is 332 g/mol. The summed E-state index contributed by atoms with van der Waals surface area (Å²) >= 11 is 1.73. The number of thiophene rings is 1. The Morgan fingerprint density at radius 3 is 2.83 bits per heavy atom. The number of rotatable bonds is 6. The average Bonchev–Trinajstić information content (AvgIpc) is 3.05. The van der Waals surface area contributed by atoms with Crippen LogP contribution in [-0.4, -0.2) is 24.6 Å². The minimum absolute atomic E-state index is 0.516. The van der Waals surface area contributed by atoms with Crippen molar-refractivity contribution in [2.75, 3.05) is 13.7 Å². The molecule has 0 aromatic carbocycles. The second-order valence-electron chi connectivity index (χ2n) is 5.17. The number of ether oxygens (including phenoxy) is 1. The van der Waals surface area contributed by atoms with Crippen LogP contribution in [0, 0.1) is 13.8 Å². The first-order chi connectivity index (χ1) is 11.2. The molecule has 0 fully saturated rings. The van der Waals surface area contributed by atoms with Crippen LogP contribution in [0.1, 0.15) is 28.6 Å². The maximum absolute atomic E-state index is 5.45. The van der Waals surface area contributed by atoms with Crippen LogP contribution in [-0.2, 0) is 13.1 Å². The number of nitrogens with zero attached hydrogens (tertiary/aromatic N) is 2. The Bertz CT molecular complexity index is 653. The predicted octanol–water partition coefficient (Wildman–Crippen LogP) is 3.02. The van der Waals surface area contributed by atoms with Gasteiger partial charge in [-0.25, -0.2) is 4.99 Å². The highest BCUT2D eigenvalue weighted by atomic mass is 32.1. The first kappa shape index (κ1) is 17.3. The Morgan fingerprint density at radius 1 is 1.35 bits per heavy atom. The monoisotopic (exact) mass is 332 g/mol. The van der Waals surface area contributed by atoms with Gasteiger partial charge in [0.2, 0.25) is 0 Å². The Morgan fingerprint density at radius 2 is 2.17 bits per heavy atom. The van der Waals surface area contributed by atoms with E-state index in [4.69, 9.17) is 4.74 Å². The molecule has 0 bridgehead atoms. The second kappa shape index (κ2) is 8.53. The van der Waals surface area contributed by atoms with Gasteiger partial charge in [0, 0.05) is 28.7 Å². The van der Waals surface area contributed by atoms with E-state index in [-0.39, 0.29) is 0 Å². The van der Waals surface area contributed by atoms with Crippen molar-refractivity contribution in [1.29, 1.82) is 0 Å². The number of nitrogens with one attached hydrogen (secondary N) is 2. The van der Waals surface area contributed by atoms with Gasteiger partial charge in [-0.1, -0.05) is 6.07 Å². The Labute approximate surface area is 141 Å². The van der Waals surface area contributed by atoms with Gasteiger partial charge in [-0.3, -0.25) is 4.98 Å². The van der Waals surface area contributed by atoms with Gasteiger partial charge in [-0.05, 0) is 32.2 Å². The molecule has 0 amide bonds. The molecule has 0 atom stereocenters. The zero-order valence-corrected chi connectivity index (χ0v) is 15.0. The van der Waals surface area contributed by atoms with Crippen LogP contribution in [0.5, 0.6) is 5.75 Å². The minimum Gasteiger partial charge on any atom is -0.496 e. The minimum atomic E-state index is 0.516. The summed E-state index contributed by atoms with van der Waals surface area (Å²) in [5.74, 6) is 1.68. The summed E-state index contributed by atoms with van der Waals surface area (Å²) < 4.78 is 5.45. The molecule has 0 saturated carbocycles. The number of aryl methyl sites for hydroxylation is 1. The SMILES string of the molecule is CCNC(=NCc1ncc(C)c(OC)c1C)NCc1cccs1. The van der Waals surface area contributed by atoms with Crippen LogP contribution in [0.15, 0.2) is 28.7 Å². The van der Waals surface area contributed by atoms with E-state index >= 15 is 0 Å². The summed E-state index contributed by atoms with van der Waals surface area (Å²) in [5, 5.41) is 8.68. The molecule has 2 aromatic rings. The van der Waals surface area contributed by atoms with E-state index in [1.165, 1.54) is 4.88 Å². The lowest BCUT2D eigenvalue weighted by Crippen LogP contribution is -2.36. The van der Waals surface area contributed by atoms with Crippen molar-refractivity contribution in [2.24, 2.45) is 4.99 Å². The van der Waals surface area contributed by atoms with Gasteiger partial charge in [-0.15, -0.1) is 11.3 Å². The maximum atomic E-state index is 5.45. The first-order valence-corrected chi connectivity index (χ1v) is 8.57. The van der Waals surface area contributed by atoms with E-state index in [1.807, 2.05) is 20.0 Å². The summed E-state index contributed by atoms with van der Waals surface area (Å²) in [6, 6.07) is 4.16. The number of aliphatic imine (C=N–C) groups is 1. The number of hydrogen-bond donors (Lipinski definition) is 2. The Hall–Kier alpha value is -2.08. The summed E-state index contributed by atoms with van der Waals surface area (Å²) in [5.41, 5.74) is 3.02. The van der Waals surface area contributed by atoms with E-state index in [1.54, 1.807) is 18.4 Å². The second-order valence-corrected chi connectivity index (χ2v) is 6.21. The van der Waals surface area contributed by atoms with Gasteiger partial charge in [0.25, 0.3) is 0 Å². The molecule has 0 saturated heterocycles. The van der Waals surface area contributed by atoms with E-state index < -0.39 is 0 Å². The lowest BCUT2D eigenvalue weighted by Gasteiger charge is -2.13. The summed E-state index contributed by atoms with van der Waals surface area (Å²) in [6.45, 7) is 8.18. The highest BCUT2D eigenvalue weighted by Gasteiger charge is 2.09. The number of aromatic nitrogens is 1. The van der Waals surface area contributed by atoms with Crippen molar-refractivity contribution in [3.8, 4) is 5.75 Å². The van der Waals surface area contributed by atoms with E-state index in [2.05, 4.69) is 45.0 Å². The summed E-state index contributed by atoms with van der Waals surface area (Å²) in [4.78, 5) is 10.4. The van der Waals surface area contributed by atoms with Gasteiger partial charge >= 0.3 is 0 Å². The van der Waals surface area contributed by atoms with Crippen molar-refractivity contribution in [1.82, 2.24) is 15.6 Å². The fourth-order valence-electron chi connectivity index (χ4n) is 2.31. The number of hydrogen-bond acceptors (Lipinski definition) is 4. The van der Waals surface area contributed by atoms with E-state index in [9.17, 15) is 0 Å². The van der Waals surface area contributed by atoms with Crippen LogP contribution >= 0.6 is 11.3 Å². The highest BCUT2D eigenvalue weighted by molar-refractivity contribution is 7.09. The number of pyridine rings is 1. The van der Waals surface area contributed by atoms with Crippen molar-refractivity contribution in [3.63, 3.8) is 0 Å². The lowest BCUT2D eigenvalue weighted by atomic mass is 10.1. The molecule has 2 N–H and O–H groups in total. The van der Waals surface area contributed by atoms with Gasteiger partial charge in [-0.2, -0.15) is 0 Å². The Balaban J connectivity index is 2.08. The third kappa shape index (κ3) is 4.69. The molecule has 5 nitrogen and oxygen atoms in total. The Kier molecular flexibility index (Phi) is 6.40. The van der Waals surface area contributed by atoms with Crippen molar-refractivity contribution < 1.29 is 4.74 Å². The van der Waals surface area contributed by atoms with Crippen molar-refractivity contribution in [3.05, 3.63) is 45.4 Å². The molecule has 0 radical (unpaired) electrons. The smallest absolute Gasteiger partial charge is 0.191 e. The standard InChI is InChI=1S/C17H24N4OS/c1-5-18-17(20-10-14-7-6-8-23-14)21-11-15-13(3)16(22-4)12(2)9-19-15/h6-9H,5,10-11H2,1-4H3,(H2,18,20,21). The van der Waals surface area contributed by atoms with Gasteiger partial charge < -0.3 is 15.4 Å². The maximum Gasteiger partial charge on any atom is 0.191 e. The van der Waals surface area contributed by atoms with Crippen LogP contribution in [0.25, 0.3) is 0 Å². The molecule has 2 rings (SSSR count). The third-order valence-electron chi connectivity index (χ3n) is 3.49. The quantitative estimate of drug-likeness (QED) is 0.631. The van der Waals surface area contributed by atoms with Crippen molar-refractivity contribution >= 4 is 17.3 Å².